The van der Waals surface area contributed by atoms with Crippen molar-refractivity contribution in [2.45, 2.75) is 18.1 Å². The predicted molar refractivity (Wildman–Crippen MR) is 129 cm³/mol. The molecule has 2 aromatic heterocycles. The maximum absolute atomic E-state index is 13.3. The number of hydrogen-bond acceptors (Lipinski definition) is 9. The van der Waals surface area contributed by atoms with Crippen LogP contribution in [0.15, 0.2) is 75.2 Å². The second kappa shape index (κ2) is 10.9. The lowest BCUT2D eigenvalue weighted by molar-refractivity contribution is -0.384. The van der Waals surface area contributed by atoms with Crippen molar-refractivity contribution in [3.05, 3.63) is 92.7 Å². The number of benzene rings is 2. The molecular formula is C24H21N3O7S. The van der Waals surface area contributed by atoms with Gasteiger partial charge in [0, 0.05) is 17.9 Å². The van der Waals surface area contributed by atoms with Gasteiger partial charge in [0.2, 0.25) is 0 Å². The highest BCUT2D eigenvalue weighted by atomic mass is 32.2. The molecule has 35 heavy (non-hydrogen) atoms. The Morgan fingerprint density at radius 2 is 2.00 bits per heavy atom. The highest BCUT2D eigenvalue weighted by Gasteiger charge is 2.15. The van der Waals surface area contributed by atoms with Crippen molar-refractivity contribution in [1.82, 2.24) is 9.55 Å². The van der Waals surface area contributed by atoms with Crippen molar-refractivity contribution in [2.75, 3.05) is 19.5 Å². The number of nitrogens with zero attached hydrogens (tertiary/aromatic N) is 3. The molecule has 0 N–H and O–H groups in total. The van der Waals surface area contributed by atoms with Crippen LogP contribution in [0.4, 0.5) is 5.69 Å². The average molecular weight is 496 g/mol. The smallest absolute Gasteiger partial charge is 0.337 e. The molecule has 2 heterocycles. The van der Waals surface area contributed by atoms with E-state index < -0.39 is 10.9 Å². The Balaban J connectivity index is 1.50. The van der Waals surface area contributed by atoms with Crippen LogP contribution in [0.25, 0.3) is 10.9 Å². The summed E-state index contributed by atoms with van der Waals surface area (Å²) < 4.78 is 17.4. The van der Waals surface area contributed by atoms with Gasteiger partial charge in [0.25, 0.3) is 11.2 Å². The van der Waals surface area contributed by atoms with Gasteiger partial charge in [-0.1, -0.05) is 11.8 Å². The maximum atomic E-state index is 13.3. The van der Waals surface area contributed by atoms with Gasteiger partial charge < -0.3 is 13.9 Å². The molecule has 4 rings (SSSR count). The number of rotatable bonds is 10. The molecule has 0 aliphatic carbocycles. The van der Waals surface area contributed by atoms with Gasteiger partial charge in [-0.3, -0.25) is 19.5 Å². The van der Waals surface area contributed by atoms with Crippen LogP contribution in [0, 0.1) is 10.1 Å². The van der Waals surface area contributed by atoms with E-state index in [4.69, 9.17) is 13.9 Å². The largest absolute Gasteiger partial charge is 0.494 e. The van der Waals surface area contributed by atoms with E-state index in [0.29, 0.717) is 51.9 Å². The van der Waals surface area contributed by atoms with Gasteiger partial charge in [-0.2, -0.15) is 0 Å². The number of ether oxygens (including phenoxy) is 2. The Hall–Kier alpha value is -4.12. The van der Waals surface area contributed by atoms with Crippen LogP contribution in [-0.2, 0) is 11.3 Å². The first kappa shape index (κ1) is 24.0. The number of methoxy groups -OCH3 is 1. The molecule has 4 aromatic rings. The van der Waals surface area contributed by atoms with Crippen molar-refractivity contribution >= 4 is 34.3 Å². The SMILES string of the molecule is COC(=O)c1ccc2c(=O)n(Cc3ccco3)c(SCCCOc3ccc([N+](=O)[O-])cc3)nc2c1. The summed E-state index contributed by atoms with van der Waals surface area (Å²) in [6.07, 6.45) is 2.18. The predicted octanol–water partition coefficient (Wildman–Crippen LogP) is 4.29. The quantitative estimate of drug-likeness (QED) is 0.0790. The second-order valence-electron chi connectivity index (χ2n) is 7.39. The topological polar surface area (TPSA) is 127 Å². The Morgan fingerprint density at radius 3 is 2.69 bits per heavy atom. The normalized spacial score (nSPS) is 10.9. The minimum absolute atomic E-state index is 0.000157. The minimum Gasteiger partial charge on any atom is -0.494 e. The molecular weight excluding hydrogens is 474 g/mol. The third-order valence-electron chi connectivity index (χ3n) is 5.07. The van der Waals surface area contributed by atoms with E-state index in [0.717, 1.165) is 0 Å². The van der Waals surface area contributed by atoms with E-state index >= 15 is 0 Å². The van der Waals surface area contributed by atoms with Gasteiger partial charge in [0.15, 0.2) is 5.16 Å². The number of fused-ring (bicyclic) bond motifs is 1. The fourth-order valence-electron chi connectivity index (χ4n) is 3.33. The maximum Gasteiger partial charge on any atom is 0.337 e. The zero-order chi connectivity index (χ0) is 24.8. The summed E-state index contributed by atoms with van der Waals surface area (Å²) in [6.45, 7) is 0.600. The van der Waals surface area contributed by atoms with Gasteiger partial charge >= 0.3 is 5.97 Å². The molecule has 11 heteroatoms. The molecule has 0 aliphatic heterocycles. The highest BCUT2D eigenvalue weighted by molar-refractivity contribution is 7.99. The summed E-state index contributed by atoms with van der Waals surface area (Å²) in [4.78, 5) is 40.1. The fraction of sp³-hybridized carbons (Fsp3) is 0.208. The van der Waals surface area contributed by atoms with E-state index in [1.54, 1.807) is 47.2 Å². The first-order chi connectivity index (χ1) is 17.0. The molecule has 0 bridgehead atoms. The number of nitro groups is 1. The summed E-state index contributed by atoms with van der Waals surface area (Å²) in [6, 6.07) is 14.1. The Morgan fingerprint density at radius 1 is 1.20 bits per heavy atom. The van der Waals surface area contributed by atoms with E-state index in [9.17, 15) is 19.7 Å². The van der Waals surface area contributed by atoms with Gasteiger partial charge in [-0.25, -0.2) is 9.78 Å². The average Bonchev–Trinajstić information content (AvgIpc) is 3.38. The molecule has 0 amide bonds. The number of carbonyl (C=O) groups excluding carboxylic acids is 1. The zero-order valence-corrected chi connectivity index (χ0v) is 19.5. The van der Waals surface area contributed by atoms with Gasteiger partial charge in [0.05, 0.1) is 47.9 Å². The van der Waals surface area contributed by atoms with Crippen LogP contribution in [0.5, 0.6) is 5.75 Å². The lowest BCUT2D eigenvalue weighted by atomic mass is 10.1. The van der Waals surface area contributed by atoms with E-state index in [-0.39, 0.29) is 17.8 Å². The van der Waals surface area contributed by atoms with Gasteiger partial charge in [0.1, 0.15) is 11.5 Å². The van der Waals surface area contributed by atoms with Crippen LogP contribution in [0.2, 0.25) is 0 Å². The molecule has 0 unspecified atom stereocenters. The van der Waals surface area contributed by atoms with Crippen molar-refractivity contribution < 1.29 is 23.6 Å². The van der Waals surface area contributed by atoms with Crippen LogP contribution >= 0.6 is 11.8 Å². The Labute approximate surface area is 203 Å². The lowest BCUT2D eigenvalue weighted by Gasteiger charge is -2.13. The number of hydrogen-bond donors (Lipinski definition) is 0. The van der Waals surface area contributed by atoms with Gasteiger partial charge in [-0.15, -0.1) is 0 Å². The van der Waals surface area contributed by atoms with Crippen molar-refractivity contribution in [3.63, 3.8) is 0 Å². The van der Waals surface area contributed by atoms with E-state index in [2.05, 4.69) is 4.98 Å². The standard InChI is InChI=1S/C24H21N3O7S/c1-32-23(29)16-5-10-20-21(14-16)25-24(26(22(20)28)15-19-4-2-11-34-19)35-13-3-12-33-18-8-6-17(7-9-18)27(30)31/h2,4-11,14H,3,12-13,15H2,1H3. The Kier molecular flexibility index (Phi) is 7.46. The molecule has 2 aromatic carbocycles. The number of esters is 1. The first-order valence-corrected chi connectivity index (χ1v) is 11.6. The number of furan rings is 1. The minimum atomic E-state index is -0.508. The van der Waals surface area contributed by atoms with Crippen LogP contribution in [0.1, 0.15) is 22.5 Å². The van der Waals surface area contributed by atoms with Crippen molar-refractivity contribution in [3.8, 4) is 5.75 Å². The zero-order valence-electron chi connectivity index (χ0n) is 18.7. The van der Waals surface area contributed by atoms with Crippen molar-refractivity contribution in [1.29, 1.82) is 0 Å². The number of nitro benzene ring substituents is 1. The third-order valence-corrected chi connectivity index (χ3v) is 6.13. The van der Waals surface area contributed by atoms with Crippen LogP contribution < -0.4 is 10.3 Å². The van der Waals surface area contributed by atoms with E-state index in [1.807, 2.05) is 0 Å². The third kappa shape index (κ3) is 5.69. The molecule has 180 valence electrons. The molecule has 10 nitrogen and oxygen atoms in total. The molecule has 0 fully saturated rings. The fourth-order valence-corrected chi connectivity index (χ4v) is 4.24. The first-order valence-electron chi connectivity index (χ1n) is 10.6. The number of non-ortho nitro benzene ring substituents is 1. The summed E-state index contributed by atoms with van der Waals surface area (Å²) in [5.74, 6) is 1.24. The van der Waals surface area contributed by atoms with Crippen LogP contribution in [0.3, 0.4) is 0 Å². The molecule has 0 radical (unpaired) electrons. The van der Waals surface area contributed by atoms with E-state index in [1.165, 1.54) is 37.1 Å². The molecule has 0 atom stereocenters. The summed E-state index contributed by atoms with van der Waals surface area (Å²) in [7, 11) is 1.29. The molecule has 0 saturated carbocycles. The lowest BCUT2D eigenvalue weighted by Crippen LogP contribution is -2.24. The summed E-state index contributed by atoms with van der Waals surface area (Å²) in [5, 5.41) is 11.6. The molecule has 0 spiro atoms. The van der Waals surface area contributed by atoms with Crippen LogP contribution in [-0.4, -0.2) is 39.9 Å². The number of thioether (sulfide) groups is 1. The summed E-state index contributed by atoms with van der Waals surface area (Å²) >= 11 is 1.38. The Bertz CT molecular complexity index is 1400. The summed E-state index contributed by atoms with van der Waals surface area (Å²) in [5.41, 5.74) is 0.467. The highest BCUT2D eigenvalue weighted by Crippen LogP contribution is 2.22. The number of aromatic nitrogens is 2. The second-order valence-corrected chi connectivity index (χ2v) is 8.45. The molecule has 0 saturated heterocycles. The van der Waals surface area contributed by atoms with Gasteiger partial charge in [-0.05, 0) is 48.9 Å². The molecule has 0 aliphatic rings. The monoisotopic (exact) mass is 495 g/mol. The number of carbonyl (C=O) groups is 1. The van der Waals surface area contributed by atoms with Crippen molar-refractivity contribution in [2.24, 2.45) is 0 Å².